The van der Waals surface area contributed by atoms with Crippen LogP contribution in [0.5, 0.6) is 5.75 Å². The van der Waals surface area contributed by atoms with Gasteiger partial charge in [0, 0.05) is 11.6 Å². The van der Waals surface area contributed by atoms with E-state index in [1.54, 1.807) is 38.1 Å². The van der Waals surface area contributed by atoms with Crippen molar-refractivity contribution in [3.63, 3.8) is 0 Å². The summed E-state index contributed by atoms with van der Waals surface area (Å²) in [6.07, 6.45) is 1.42. The fourth-order valence-corrected chi connectivity index (χ4v) is 4.49. The van der Waals surface area contributed by atoms with Gasteiger partial charge in [-0.05, 0) is 51.5 Å². The first-order valence-corrected chi connectivity index (χ1v) is 11.2. The zero-order chi connectivity index (χ0) is 25.0. The van der Waals surface area contributed by atoms with Crippen LogP contribution >= 0.6 is 11.3 Å². The standard InChI is InChI=1S/C25H23F2N3O3S/c1-14(2)29-22(31)18(13-28)24-30(19-10-9-15(3)11-16(19)4)23(32)21(34-24)12-17-7-5-6-8-20(17)33-25(26)27/h5-12,14,25H,1-4H3,(H,29,31)/b21-12-,24-18+. The van der Waals surface area contributed by atoms with Crippen molar-refractivity contribution in [2.24, 2.45) is 0 Å². The molecule has 0 bridgehead atoms. The van der Waals surface area contributed by atoms with Gasteiger partial charge < -0.3 is 10.1 Å². The average Bonchev–Trinajstić information content (AvgIpc) is 3.05. The Morgan fingerprint density at radius 1 is 1.21 bits per heavy atom. The van der Waals surface area contributed by atoms with Crippen LogP contribution in [0.1, 0.15) is 30.5 Å². The maximum Gasteiger partial charge on any atom is 0.387 e. The lowest BCUT2D eigenvalue weighted by Gasteiger charge is -2.10. The van der Waals surface area contributed by atoms with E-state index in [9.17, 15) is 23.6 Å². The molecule has 1 aromatic heterocycles. The van der Waals surface area contributed by atoms with Crippen LogP contribution in [0.4, 0.5) is 8.78 Å². The number of ether oxygens (including phenoxy) is 1. The molecule has 0 spiro atoms. The van der Waals surface area contributed by atoms with Crippen molar-refractivity contribution in [2.75, 3.05) is 0 Å². The van der Waals surface area contributed by atoms with E-state index < -0.39 is 18.1 Å². The Bertz CT molecular complexity index is 1450. The van der Waals surface area contributed by atoms with Gasteiger partial charge in [-0.15, -0.1) is 11.3 Å². The van der Waals surface area contributed by atoms with Crippen molar-refractivity contribution < 1.29 is 18.3 Å². The third-order valence-electron chi connectivity index (χ3n) is 4.81. The van der Waals surface area contributed by atoms with Crippen molar-refractivity contribution in [3.8, 4) is 17.5 Å². The number of carbonyl (C=O) groups excluding carboxylic acids is 1. The molecule has 0 radical (unpaired) electrons. The topological polar surface area (TPSA) is 84.1 Å². The lowest BCUT2D eigenvalue weighted by Crippen LogP contribution is -2.36. The minimum atomic E-state index is -3.03. The molecule has 176 valence electrons. The second-order valence-electron chi connectivity index (χ2n) is 7.88. The van der Waals surface area contributed by atoms with Crippen LogP contribution in [-0.4, -0.2) is 23.1 Å². The Kier molecular flexibility index (Phi) is 7.64. The summed E-state index contributed by atoms with van der Waals surface area (Å²) in [7, 11) is 0. The Labute approximate surface area is 199 Å². The summed E-state index contributed by atoms with van der Waals surface area (Å²) in [5.41, 5.74) is 1.85. The zero-order valence-corrected chi connectivity index (χ0v) is 19.9. The van der Waals surface area contributed by atoms with Gasteiger partial charge >= 0.3 is 6.61 Å². The number of aromatic nitrogens is 1. The molecule has 0 unspecified atom stereocenters. The number of nitrogens with one attached hydrogen (secondary N) is 1. The number of rotatable bonds is 6. The van der Waals surface area contributed by atoms with E-state index in [0.717, 1.165) is 22.5 Å². The number of amides is 1. The number of carbonyl (C=O) groups is 1. The number of aryl methyl sites for hydroxylation is 2. The van der Waals surface area contributed by atoms with E-state index in [4.69, 9.17) is 0 Å². The summed E-state index contributed by atoms with van der Waals surface area (Å²) < 4.78 is 31.9. The smallest absolute Gasteiger partial charge is 0.387 e. The molecule has 0 fully saturated rings. The molecular formula is C25H23F2N3O3S. The Morgan fingerprint density at radius 2 is 1.91 bits per heavy atom. The van der Waals surface area contributed by atoms with Crippen molar-refractivity contribution in [1.82, 2.24) is 9.88 Å². The molecule has 2 aromatic carbocycles. The first kappa shape index (κ1) is 24.9. The highest BCUT2D eigenvalue weighted by Crippen LogP contribution is 2.21. The molecular weight excluding hydrogens is 460 g/mol. The number of hydrogen-bond acceptors (Lipinski definition) is 5. The van der Waals surface area contributed by atoms with Crippen LogP contribution in [0.25, 0.3) is 17.3 Å². The number of para-hydroxylation sites is 1. The summed E-state index contributed by atoms with van der Waals surface area (Å²) in [5.74, 6) is -0.697. The first-order chi connectivity index (χ1) is 16.1. The molecule has 1 N–H and O–H groups in total. The fourth-order valence-electron chi connectivity index (χ4n) is 3.40. The van der Waals surface area contributed by atoms with Crippen molar-refractivity contribution in [2.45, 2.75) is 40.3 Å². The molecule has 3 aromatic rings. The first-order valence-electron chi connectivity index (χ1n) is 10.4. The van der Waals surface area contributed by atoms with E-state index in [-0.39, 0.29) is 32.1 Å². The largest absolute Gasteiger partial charge is 0.434 e. The lowest BCUT2D eigenvalue weighted by molar-refractivity contribution is -0.116. The van der Waals surface area contributed by atoms with Crippen LogP contribution in [0, 0.1) is 25.2 Å². The number of nitrogens with zero attached hydrogens (tertiary/aromatic N) is 2. The van der Waals surface area contributed by atoms with Crippen molar-refractivity contribution in [1.29, 1.82) is 5.26 Å². The molecule has 34 heavy (non-hydrogen) atoms. The third-order valence-corrected chi connectivity index (χ3v) is 5.90. The molecule has 0 atom stereocenters. The monoisotopic (exact) mass is 483 g/mol. The van der Waals surface area contributed by atoms with Gasteiger partial charge in [0.25, 0.3) is 11.5 Å². The third kappa shape index (κ3) is 5.41. The van der Waals surface area contributed by atoms with E-state index in [0.29, 0.717) is 5.69 Å². The predicted molar refractivity (Wildman–Crippen MR) is 128 cm³/mol. The highest BCUT2D eigenvalue weighted by atomic mass is 32.1. The second-order valence-corrected chi connectivity index (χ2v) is 8.91. The summed E-state index contributed by atoms with van der Waals surface area (Å²) in [6.45, 7) is 4.23. The molecule has 3 rings (SSSR count). The highest BCUT2D eigenvalue weighted by molar-refractivity contribution is 7.07. The summed E-state index contributed by atoms with van der Waals surface area (Å²) in [5, 5.41) is 12.5. The zero-order valence-electron chi connectivity index (χ0n) is 19.1. The van der Waals surface area contributed by atoms with Crippen LogP contribution in [0.15, 0.2) is 47.3 Å². The van der Waals surface area contributed by atoms with Gasteiger partial charge in [0.2, 0.25) is 0 Å². The number of nitriles is 1. The summed E-state index contributed by atoms with van der Waals surface area (Å²) >= 11 is 0.936. The minimum Gasteiger partial charge on any atom is -0.434 e. The maximum atomic E-state index is 13.5. The molecule has 0 aliphatic rings. The lowest BCUT2D eigenvalue weighted by atomic mass is 10.1. The molecule has 1 amide bonds. The summed E-state index contributed by atoms with van der Waals surface area (Å²) in [6, 6.07) is 13.2. The van der Waals surface area contributed by atoms with Crippen molar-refractivity contribution in [3.05, 3.63) is 78.7 Å². The Balaban J connectivity index is 2.40. The van der Waals surface area contributed by atoms with Gasteiger partial charge in [-0.3, -0.25) is 14.2 Å². The van der Waals surface area contributed by atoms with Gasteiger partial charge in [0.05, 0.1) is 10.2 Å². The molecule has 0 aliphatic heterocycles. The number of benzene rings is 2. The molecule has 0 aliphatic carbocycles. The van der Waals surface area contributed by atoms with E-state index >= 15 is 0 Å². The SMILES string of the molecule is Cc1ccc(-n2c(=O)/c(=C/c3ccccc3OC(F)F)s/c2=C(\C#N)C(=O)NC(C)C)c(C)c1. The molecule has 0 saturated carbocycles. The van der Waals surface area contributed by atoms with Crippen LogP contribution < -0.4 is 24.8 Å². The van der Waals surface area contributed by atoms with Gasteiger partial charge in [-0.25, -0.2) is 0 Å². The van der Waals surface area contributed by atoms with Crippen molar-refractivity contribution >= 4 is 28.9 Å². The molecule has 6 nitrogen and oxygen atoms in total. The molecule has 1 heterocycles. The van der Waals surface area contributed by atoms with Crippen LogP contribution in [-0.2, 0) is 4.79 Å². The fraction of sp³-hybridized carbons (Fsp3) is 0.240. The Hall–Kier alpha value is -3.77. The number of halogens is 2. The van der Waals surface area contributed by atoms with E-state index in [1.165, 1.54) is 16.7 Å². The predicted octanol–water partition coefficient (Wildman–Crippen LogP) is 3.14. The maximum absolute atomic E-state index is 13.5. The quantitative estimate of drug-likeness (QED) is 0.584. The van der Waals surface area contributed by atoms with Gasteiger partial charge in [-0.1, -0.05) is 35.9 Å². The van der Waals surface area contributed by atoms with Gasteiger partial charge in [-0.2, -0.15) is 14.0 Å². The number of hydrogen-bond donors (Lipinski definition) is 1. The number of alkyl halides is 2. The normalized spacial score (nSPS) is 12.6. The van der Waals surface area contributed by atoms with Gasteiger partial charge in [0.15, 0.2) is 5.57 Å². The Morgan fingerprint density at radius 3 is 2.53 bits per heavy atom. The number of thiazole rings is 1. The molecule has 0 saturated heterocycles. The van der Waals surface area contributed by atoms with Crippen LogP contribution in [0.2, 0.25) is 0 Å². The van der Waals surface area contributed by atoms with Gasteiger partial charge in [0.1, 0.15) is 16.5 Å². The second kappa shape index (κ2) is 10.4. The minimum absolute atomic E-state index is 0.0908. The average molecular weight is 484 g/mol. The highest BCUT2D eigenvalue weighted by Gasteiger charge is 2.19. The van der Waals surface area contributed by atoms with E-state index in [1.807, 2.05) is 32.0 Å². The van der Waals surface area contributed by atoms with Crippen LogP contribution in [0.3, 0.4) is 0 Å². The van der Waals surface area contributed by atoms with E-state index in [2.05, 4.69) is 10.1 Å². The molecule has 9 heteroatoms. The summed E-state index contributed by atoms with van der Waals surface area (Å²) in [4.78, 5) is 26.3.